The lowest BCUT2D eigenvalue weighted by molar-refractivity contribution is -0.354. The largest absolute Gasteiger partial charge is 0.508 e. The van der Waals surface area contributed by atoms with Gasteiger partial charge in [-0.25, -0.2) is 4.79 Å². The third-order valence-electron chi connectivity index (χ3n) is 8.96. The van der Waals surface area contributed by atoms with E-state index >= 15 is 0 Å². The van der Waals surface area contributed by atoms with E-state index in [1.54, 1.807) is 36.4 Å². The lowest BCUT2D eigenvalue weighted by Gasteiger charge is -2.46. The number of hydrogen-bond acceptors (Lipinski definition) is 17. The van der Waals surface area contributed by atoms with Crippen LogP contribution in [-0.4, -0.2) is 160 Å². The van der Waals surface area contributed by atoms with Gasteiger partial charge in [-0.2, -0.15) is 0 Å². The first-order chi connectivity index (χ1) is 24.9. The van der Waals surface area contributed by atoms with Gasteiger partial charge in [-0.3, -0.25) is 0 Å². The highest BCUT2D eigenvalue weighted by atomic mass is 16.7. The Morgan fingerprint density at radius 2 is 1.54 bits per heavy atom. The zero-order chi connectivity index (χ0) is 37.5. The van der Waals surface area contributed by atoms with Crippen molar-refractivity contribution in [1.82, 2.24) is 0 Å². The van der Waals surface area contributed by atoms with Crippen LogP contribution in [0.25, 0.3) is 6.08 Å². The number of benzene rings is 2. The molecule has 5 rings (SSSR count). The summed E-state index contributed by atoms with van der Waals surface area (Å²) in [5, 5.41) is 83.3. The number of ether oxygens (including phenoxy) is 8. The van der Waals surface area contributed by atoms with Gasteiger partial charge in [0.1, 0.15) is 66.4 Å². The van der Waals surface area contributed by atoms with Gasteiger partial charge >= 0.3 is 5.97 Å². The highest BCUT2D eigenvalue weighted by Gasteiger charge is 2.51. The van der Waals surface area contributed by atoms with E-state index in [4.69, 9.17) is 37.9 Å². The number of aliphatic hydroxyl groups is 7. The van der Waals surface area contributed by atoms with Crippen molar-refractivity contribution in [3.05, 3.63) is 65.7 Å². The molecule has 288 valence electrons. The first-order valence-corrected chi connectivity index (χ1v) is 16.7. The first kappa shape index (κ1) is 39.9. The van der Waals surface area contributed by atoms with Crippen molar-refractivity contribution in [3.8, 4) is 11.5 Å². The van der Waals surface area contributed by atoms with Crippen molar-refractivity contribution in [2.45, 2.75) is 99.4 Å². The average Bonchev–Trinajstić information content (AvgIpc) is 3.14. The molecule has 17 heteroatoms. The summed E-state index contributed by atoms with van der Waals surface area (Å²) in [6.45, 7) is 0.655. The van der Waals surface area contributed by atoms with E-state index in [-0.39, 0.29) is 12.4 Å². The van der Waals surface area contributed by atoms with Crippen LogP contribution in [0.4, 0.5) is 0 Å². The Balaban J connectivity index is 1.25. The maximum absolute atomic E-state index is 13.0. The first-order valence-electron chi connectivity index (χ1n) is 16.7. The molecule has 0 radical (unpaired) electrons. The van der Waals surface area contributed by atoms with Gasteiger partial charge in [0.05, 0.1) is 33.0 Å². The molecule has 0 aliphatic carbocycles. The van der Waals surface area contributed by atoms with Gasteiger partial charge in [0.25, 0.3) is 0 Å². The molecule has 3 aliphatic rings. The number of hydrogen-bond donors (Lipinski definition) is 8. The number of aliphatic hydroxyl groups excluding tert-OH is 7. The second kappa shape index (κ2) is 18.2. The monoisotopic (exact) mass is 738 g/mol. The predicted molar refractivity (Wildman–Crippen MR) is 175 cm³/mol. The Labute approximate surface area is 299 Å². The number of esters is 1. The molecule has 0 saturated carbocycles. The fourth-order valence-corrected chi connectivity index (χ4v) is 5.92. The second-order valence-electron chi connectivity index (χ2n) is 12.7. The van der Waals surface area contributed by atoms with E-state index in [1.807, 2.05) is 0 Å². The maximum Gasteiger partial charge on any atom is 0.331 e. The smallest absolute Gasteiger partial charge is 0.331 e. The molecule has 0 amide bonds. The molecule has 52 heavy (non-hydrogen) atoms. The van der Waals surface area contributed by atoms with E-state index in [0.717, 1.165) is 11.6 Å². The number of phenolic OH excluding ortho intramolecular Hbond substituents is 1. The molecule has 17 nitrogen and oxygen atoms in total. The lowest BCUT2D eigenvalue weighted by atomic mass is 9.98. The third-order valence-corrected chi connectivity index (χ3v) is 8.96. The quantitative estimate of drug-likeness (QED) is 0.0846. The van der Waals surface area contributed by atoms with E-state index < -0.39 is 105 Å². The maximum atomic E-state index is 13.0. The van der Waals surface area contributed by atoms with Gasteiger partial charge in [0.15, 0.2) is 25.0 Å². The molecule has 14 unspecified atom stereocenters. The van der Waals surface area contributed by atoms with Gasteiger partial charge < -0.3 is 78.7 Å². The molecule has 0 aromatic heterocycles. The van der Waals surface area contributed by atoms with Crippen LogP contribution >= 0.6 is 0 Å². The standard InChI is InChI=1S/C35H46O17/c1-17-31(51-24(38)11-8-19-4-3-5-21(14-19)45-2)32(52-34-28(42)25(39)22(37)15-47-34)30(44)35(49-17)48-16-23-26(40)27(41)29(43)33(50-23)46-13-12-18-6-9-20(36)10-7-18/h3-11,14,17,22-23,25-37,39-44H,12-13,15-16H2,1-2H3. The highest BCUT2D eigenvalue weighted by Crippen LogP contribution is 2.31. The van der Waals surface area contributed by atoms with Crippen molar-refractivity contribution in [2.24, 2.45) is 0 Å². The van der Waals surface area contributed by atoms with Crippen LogP contribution in [0.15, 0.2) is 54.6 Å². The predicted octanol–water partition coefficient (Wildman–Crippen LogP) is -1.66. The lowest BCUT2D eigenvalue weighted by Crippen LogP contribution is -2.64. The van der Waals surface area contributed by atoms with Gasteiger partial charge in [0, 0.05) is 6.08 Å². The molecular weight excluding hydrogens is 692 g/mol. The second-order valence-corrected chi connectivity index (χ2v) is 12.7. The Bertz CT molecular complexity index is 1460. The Morgan fingerprint density at radius 3 is 2.27 bits per heavy atom. The van der Waals surface area contributed by atoms with Crippen molar-refractivity contribution < 1.29 is 83.5 Å². The summed E-state index contributed by atoms with van der Waals surface area (Å²) in [6.07, 6.45) is -18.0. The van der Waals surface area contributed by atoms with Crippen molar-refractivity contribution >= 4 is 12.0 Å². The fourth-order valence-electron chi connectivity index (χ4n) is 5.92. The molecular formula is C35H46O17. The van der Waals surface area contributed by atoms with Gasteiger partial charge in [-0.05, 0) is 54.8 Å². The van der Waals surface area contributed by atoms with E-state index in [2.05, 4.69) is 0 Å². The molecule has 3 fully saturated rings. The number of rotatable bonds is 13. The molecule has 2 aromatic rings. The summed E-state index contributed by atoms with van der Waals surface area (Å²) < 4.78 is 45.1. The zero-order valence-corrected chi connectivity index (χ0v) is 28.4. The minimum Gasteiger partial charge on any atom is -0.508 e. The molecule has 14 atom stereocenters. The normalized spacial score (nSPS) is 36.8. The third kappa shape index (κ3) is 9.83. The minimum absolute atomic E-state index is 0.0551. The fraction of sp³-hybridized carbons (Fsp3) is 0.571. The molecule has 3 aliphatic heterocycles. The van der Waals surface area contributed by atoms with E-state index in [1.165, 1.54) is 32.2 Å². The summed E-state index contributed by atoms with van der Waals surface area (Å²) in [5.41, 5.74) is 1.46. The SMILES string of the molecule is COc1cccc(C=CC(=O)OC2C(C)OC(OCC3OC(OCCc4ccc(O)cc4)C(O)C(O)C3O)C(O)C2OC2OCC(O)C(O)C2O)c1. The average molecular weight is 739 g/mol. The summed E-state index contributed by atoms with van der Waals surface area (Å²) in [7, 11) is 1.50. The van der Waals surface area contributed by atoms with Crippen LogP contribution in [0.3, 0.4) is 0 Å². The molecule has 0 spiro atoms. The van der Waals surface area contributed by atoms with Gasteiger partial charge in [-0.1, -0.05) is 24.3 Å². The van der Waals surface area contributed by atoms with Crippen LogP contribution < -0.4 is 4.74 Å². The Kier molecular flexibility index (Phi) is 14.0. The van der Waals surface area contributed by atoms with Crippen LogP contribution in [0, 0.1) is 0 Å². The number of aromatic hydroxyl groups is 1. The zero-order valence-electron chi connectivity index (χ0n) is 28.4. The minimum atomic E-state index is -1.75. The molecule has 2 aromatic carbocycles. The topological polar surface area (TPSA) is 253 Å². The Hall–Kier alpha value is -3.27. The number of carbonyl (C=O) groups is 1. The van der Waals surface area contributed by atoms with Crippen LogP contribution in [0.5, 0.6) is 11.5 Å². The summed E-state index contributed by atoms with van der Waals surface area (Å²) in [4.78, 5) is 13.0. The van der Waals surface area contributed by atoms with Crippen molar-refractivity contribution in [1.29, 1.82) is 0 Å². The summed E-state index contributed by atoms with van der Waals surface area (Å²) >= 11 is 0. The van der Waals surface area contributed by atoms with Gasteiger partial charge in [-0.15, -0.1) is 0 Å². The highest BCUT2D eigenvalue weighted by molar-refractivity contribution is 5.87. The van der Waals surface area contributed by atoms with Crippen LogP contribution in [-0.2, 0) is 44.4 Å². The summed E-state index contributed by atoms with van der Waals surface area (Å²) in [5.74, 6) is -0.175. The number of carbonyl (C=O) groups excluding carboxylic acids is 1. The molecule has 3 heterocycles. The van der Waals surface area contributed by atoms with Crippen LogP contribution in [0.1, 0.15) is 18.1 Å². The van der Waals surface area contributed by atoms with Crippen molar-refractivity contribution in [2.75, 3.05) is 26.9 Å². The van der Waals surface area contributed by atoms with E-state index in [9.17, 15) is 45.6 Å². The van der Waals surface area contributed by atoms with E-state index in [0.29, 0.717) is 17.7 Å². The number of methoxy groups -OCH3 is 1. The van der Waals surface area contributed by atoms with Crippen LogP contribution in [0.2, 0.25) is 0 Å². The summed E-state index contributed by atoms with van der Waals surface area (Å²) in [6, 6.07) is 13.3. The molecule has 0 bridgehead atoms. The molecule has 8 N–H and O–H groups in total. The Morgan fingerprint density at radius 1 is 0.827 bits per heavy atom. The molecule has 3 saturated heterocycles. The van der Waals surface area contributed by atoms with Crippen molar-refractivity contribution in [3.63, 3.8) is 0 Å². The number of phenols is 1. The van der Waals surface area contributed by atoms with Gasteiger partial charge in [0.2, 0.25) is 0 Å².